The number of nitrogens with zero attached hydrogens (tertiary/aromatic N) is 2. The van der Waals surface area contributed by atoms with Crippen molar-refractivity contribution in [1.82, 2.24) is 10.3 Å². The number of rotatable bonds is 17. The van der Waals surface area contributed by atoms with Crippen molar-refractivity contribution in [3.8, 4) is 0 Å². The zero-order valence-electron chi connectivity index (χ0n) is 26.3. The minimum absolute atomic E-state index is 0.278. The van der Waals surface area contributed by atoms with Crippen LogP contribution >= 0.6 is 0 Å². The van der Waals surface area contributed by atoms with Crippen molar-refractivity contribution in [3.05, 3.63) is 114 Å². The number of aliphatic hydroxyl groups excluding tert-OH is 1. The second-order valence-electron chi connectivity index (χ2n) is 11.9. The highest BCUT2D eigenvalue weighted by atomic mass is 32.2. The molecule has 0 saturated heterocycles. The normalized spacial score (nSPS) is 13.5. The molecule has 1 atom stereocenters. The fraction of sp³-hybridized carbons (Fsp3) is 0.378. The molecule has 0 aliphatic carbocycles. The largest absolute Gasteiger partial charge is 0.387 e. The Kier molecular flexibility index (Phi) is 11.6. The van der Waals surface area contributed by atoms with Gasteiger partial charge >= 0.3 is 0 Å². The molecule has 3 N–H and O–H groups in total. The number of anilines is 3. The van der Waals surface area contributed by atoms with Crippen molar-refractivity contribution in [3.63, 3.8) is 0 Å². The highest BCUT2D eigenvalue weighted by Gasteiger charge is 2.24. The summed E-state index contributed by atoms with van der Waals surface area (Å²) in [6.45, 7) is 4.22. The number of pyridine rings is 1. The third-order valence-corrected chi connectivity index (χ3v) is 9.88. The van der Waals surface area contributed by atoms with Crippen LogP contribution in [0.4, 0.5) is 17.1 Å². The fourth-order valence-electron chi connectivity index (χ4n) is 5.92. The smallest absolute Gasteiger partial charge is 0.261 e. The Balaban J connectivity index is 1.13. The first-order valence-electron chi connectivity index (χ1n) is 16.3. The first-order chi connectivity index (χ1) is 21.9. The van der Waals surface area contributed by atoms with Crippen molar-refractivity contribution in [2.24, 2.45) is 0 Å². The van der Waals surface area contributed by atoms with Crippen LogP contribution in [0.1, 0.15) is 73.8 Å². The summed E-state index contributed by atoms with van der Waals surface area (Å²) in [4.78, 5) is 6.62. The van der Waals surface area contributed by atoms with Crippen molar-refractivity contribution < 1.29 is 13.5 Å². The van der Waals surface area contributed by atoms with E-state index in [1.807, 2.05) is 36.4 Å². The molecular weight excluding hydrogens is 580 g/mol. The lowest BCUT2D eigenvalue weighted by molar-refractivity contribution is 0.174. The minimum Gasteiger partial charge on any atom is -0.387 e. The molecule has 1 aliphatic rings. The molecule has 238 valence electrons. The quantitative estimate of drug-likeness (QED) is 0.106. The van der Waals surface area contributed by atoms with Gasteiger partial charge in [-0.2, -0.15) is 0 Å². The molecule has 5 rings (SSSR count). The number of hydrogen-bond donors (Lipinski definition) is 3. The van der Waals surface area contributed by atoms with Crippen LogP contribution in [0.25, 0.3) is 0 Å². The Morgan fingerprint density at radius 1 is 0.889 bits per heavy atom. The van der Waals surface area contributed by atoms with Gasteiger partial charge < -0.3 is 15.3 Å². The SMILES string of the molecule is CCCCCCCCc1cccc(N2CCc3cc(S(=O)(=O)Nc4ccc(CCNC[C@H](O)c5cccnc5)cc4)ccc32)c1. The predicted octanol–water partition coefficient (Wildman–Crippen LogP) is 7.35. The molecule has 0 unspecified atom stereocenters. The maximum Gasteiger partial charge on any atom is 0.261 e. The van der Waals surface area contributed by atoms with Crippen LogP contribution in [0.2, 0.25) is 0 Å². The average molecular weight is 627 g/mol. The summed E-state index contributed by atoms with van der Waals surface area (Å²) < 4.78 is 29.3. The predicted molar refractivity (Wildman–Crippen MR) is 184 cm³/mol. The topological polar surface area (TPSA) is 94.6 Å². The van der Waals surface area contributed by atoms with Crippen LogP contribution in [0.15, 0.2) is 96.2 Å². The van der Waals surface area contributed by atoms with E-state index < -0.39 is 16.1 Å². The molecule has 0 saturated carbocycles. The van der Waals surface area contributed by atoms with Gasteiger partial charge in [-0.15, -0.1) is 0 Å². The summed E-state index contributed by atoms with van der Waals surface area (Å²) in [5.41, 5.74) is 7.06. The van der Waals surface area contributed by atoms with E-state index in [-0.39, 0.29) is 4.90 Å². The molecule has 0 bridgehead atoms. The molecule has 0 fully saturated rings. The van der Waals surface area contributed by atoms with Gasteiger partial charge in [-0.25, -0.2) is 8.42 Å². The monoisotopic (exact) mass is 626 g/mol. The van der Waals surface area contributed by atoms with E-state index in [0.29, 0.717) is 18.8 Å². The molecule has 1 aromatic heterocycles. The van der Waals surface area contributed by atoms with E-state index in [1.165, 1.54) is 49.8 Å². The number of sulfonamides is 1. The van der Waals surface area contributed by atoms with E-state index in [2.05, 4.69) is 51.1 Å². The fourth-order valence-corrected chi connectivity index (χ4v) is 7.03. The van der Waals surface area contributed by atoms with Crippen molar-refractivity contribution >= 4 is 27.1 Å². The summed E-state index contributed by atoms with van der Waals surface area (Å²) in [7, 11) is -3.73. The molecule has 4 aromatic rings. The van der Waals surface area contributed by atoms with Crippen LogP contribution in [-0.4, -0.2) is 38.1 Å². The first kappa shape index (κ1) is 32.7. The van der Waals surface area contributed by atoms with Gasteiger partial charge in [0.15, 0.2) is 0 Å². The van der Waals surface area contributed by atoms with Gasteiger partial charge in [0.05, 0.1) is 11.0 Å². The Hall–Kier alpha value is -3.72. The van der Waals surface area contributed by atoms with Crippen LogP contribution in [-0.2, 0) is 29.3 Å². The summed E-state index contributed by atoms with van der Waals surface area (Å²) in [6, 6.07) is 25.4. The summed E-state index contributed by atoms with van der Waals surface area (Å²) >= 11 is 0. The number of fused-ring (bicyclic) bond motifs is 1. The lowest BCUT2D eigenvalue weighted by Crippen LogP contribution is -2.23. The van der Waals surface area contributed by atoms with E-state index in [1.54, 1.807) is 30.6 Å². The molecule has 45 heavy (non-hydrogen) atoms. The van der Waals surface area contributed by atoms with Crippen molar-refractivity contribution in [2.45, 2.75) is 75.7 Å². The standard InChI is InChI=1S/C37H46N4O3S/c1-2-3-4-5-6-7-10-30-11-8-13-34(25-30)41-24-21-31-26-35(18-19-36(31)41)45(43,44)40-33-16-14-29(15-17-33)20-23-39-28-37(42)32-12-9-22-38-27-32/h8-9,11-19,22,25-27,37,39-40,42H,2-7,10,20-21,23-24,28H2,1H3/t37-/m0/s1. The van der Waals surface area contributed by atoms with Gasteiger partial charge in [-0.05, 0) is 97.4 Å². The van der Waals surface area contributed by atoms with Crippen LogP contribution in [0, 0.1) is 0 Å². The minimum atomic E-state index is -3.73. The second kappa shape index (κ2) is 16.0. The Morgan fingerprint density at radius 2 is 1.71 bits per heavy atom. The number of benzene rings is 3. The van der Waals surface area contributed by atoms with Gasteiger partial charge in [0.25, 0.3) is 10.0 Å². The molecule has 0 spiro atoms. The van der Waals surface area contributed by atoms with Crippen LogP contribution < -0.4 is 14.9 Å². The maximum absolute atomic E-state index is 13.3. The molecule has 0 amide bonds. The second-order valence-corrected chi connectivity index (χ2v) is 13.6. The van der Waals surface area contributed by atoms with E-state index >= 15 is 0 Å². The zero-order chi connectivity index (χ0) is 31.5. The van der Waals surface area contributed by atoms with Gasteiger partial charge in [-0.3, -0.25) is 9.71 Å². The van der Waals surface area contributed by atoms with E-state index in [0.717, 1.165) is 48.2 Å². The molecule has 3 aromatic carbocycles. The third-order valence-electron chi connectivity index (χ3n) is 8.50. The molecule has 0 radical (unpaired) electrons. The number of unbranched alkanes of at least 4 members (excludes halogenated alkanes) is 5. The summed E-state index contributed by atoms with van der Waals surface area (Å²) in [5.74, 6) is 0. The Morgan fingerprint density at radius 3 is 2.51 bits per heavy atom. The van der Waals surface area contributed by atoms with E-state index in [4.69, 9.17) is 0 Å². The van der Waals surface area contributed by atoms with E-state index in [9.17, 15) is 13.5 Å². The number of aromatic nitrogens is 1. The lowest BCUT2D eigenvalue weighted by atomic mass is 10.0. The first-order valence-corrected chi connectivity index (χ1v) is 17.8. The number of aliphatic hydroxyl groups is 1. The summed E-state index contributed by atoms with van der Waals surface area (Å²) in [6.07, 6.45) is 13.2. The van der Waals surface area contributed by atoms with Crippen LogP contribution in [0.5, 0.6) is 0 Å². The summed E-state index contributed by atoms with van der Waals surface area (Å²) in [5, 5.41) is 13.5. The van der Waals surface area contributed by atoms with Crippen LogP contribution in [0.3, 0.4) is 0 Å². The van der Waals surface area contributed by atoms with Gasteiger partial charge in [0, 0.05) is 48.1 Å². The van der Waals surface area contributed by atoms with Gasteiger partial charge in [0.1, 0.15) is 0 Å². The average Bonchev–Trinajstić information content (AvgIpc) is 3.49. The molecule has 1 aliphatic heterocycles. The van der Waals surface area contributed by atoms with Gasteiger partial charge in [-0.1, -0.05) is 69.4 Å². The molecular formula is C37H46N4O3S. The highest BCUT2D eigenvalue weighted by molar-refractivity contribution is 7.92. The Bertz CT molecular complexity index is 1610. The number of hydrogen-bond acceptors (Lipinski definition) is 6. The molecule has 7 nitrogen and oxygen atoms in total. The van der Waals surface area contributed by atoms with Gasteiger partial charge in [0.2, 0.25) is 0 Å². The Labute approximate surface area is 268 Å². The molecule has 8 heteroatoms. The maximum atomic E-state index is 13.3. The lowest BCUT2D eigenvalue weighted by Gasteiger charge is -2.21. The third kappa shape index (κ3) is 9.16. The number of nitrogens with one attached hydrogen (secondary N) is 2. The van der Waals surface area contributed by atoms with Crippen molar-refractivity contribution in [1.29, 1.82) is 0 Å². The number of aryl methyl sites for hydroxylation is 1. The molecule has 2 heterocycles. The van der Waals surface area contributed by atoms with Crippen molar-refractivity contribution in [2.75, 3.05) is 29.3 Å². The highest BCUT2D eigenvalue weighted by Crippen LogP contribution is 2.36. The zero-order valence-corrected chi connectivity index (χ0v) is 27.1.